The van der Waals surface area contributed by atoms with Gasteiger partial charge < -0.3 is 15.1 Å². The predicted molar refractivity (Wildman–Crippen MR) is 105 cm³/mol. The molecule has 0 aromatic heterocycles. The molecular formula is C21H25N3O2. The molecule has 1 aliphatic rings. The molecule has 0 bridgehead atoms. The van der Waals surface area contributed by atoms with Crippen LogP contribution in [0.4, 0.5) is 16.2 Å². The third kappa shape index (κ3) is 4.04. The Balaban J connectivity index is 1.60. The molecule has 0 aliphatic carbocycles. The number of amides is 2. The zero-order valence-electron chi connectivity index (χ0n) is 15.5. The number of rotatable bonds is 3. The predicted octanol–water partition coefficient (Wildman–Crippen LogP) is 3.94. The number of Topliss-reactive ketones (excluding diaryl/α,β-unsaturated/α-hetero) is 1. The van der Waals surface area contributed by atoms with Gasteiger partial charge in [0.15, 0.2) is 5.78 Å². The van der Waals surface area contributed by atoms with Gasteiger partial charge in [-0.05, 0) is 57.2 Å². The normalized spacial score (nSPS) is 17.1. The highest BCUT2D eigenvalue weighted by molar-refractivity contribution is 5.95. The molecule has 1 heterocycles. The molecule has 2 aromatic rings. The zero-order chi connectivity index (χ0) is 18.7. The molecule has 3 rings (SSSR count). The smallest absolute Gasteiger partial charge is 0.321 e. The molecule has 2 aromatic carbocycles. The van der Waals surface area contributed by atoms with Crippen LogP contribution in [0.5, 0.6) is 0 Å². The number of urea groups is 1. The summed E-state index contributed by atoms with van der Waals surface area (Å²) in [6.45, 7) is 7.91. The number of piperazine rings is 1. The summed E-state index contributed by atoms with van der Waals surface area (Å²) in [5.74, 6) is 0.0175. The maximum Gasteiger partial charge on any atom is 0.321 e. The average molecular weight is 351 g/mol. The van der Waals surface area contributed by atoms with Crippen molar-refractivity contribution < 1.29 is 9.59 Å². The highest BCUT2D eigenvalue weighted by Crippen LogP contribution is 2.21. The Hall–Kier alpha value is -2.82. The second-order valence-electron chi connectivity index (χ2n) is 6.89. The molecule has 5 nitrogen and oxygen atoms in total. The summed E-state index contributed by atoms with van der Waals surface area (Å²) in [6.07, 6.45) is 0. The molecule has 0 saturated carbocycles. The standard InChI is InChI=1S/C21H25N3O2/c1-15-4-10-20(11-5-15)24-13-12-23(14-16(24)2)21(26)22-19-8-6-18(7-9-19)17(3)25/h4-11,16H,12-14H2,1-3H3,(H,22,26)/t16-/m1/s1. The SMILES string of the molecule is CC(=O)c1ccc(NC(=O)N2CCN(c3ccc(C)cc3)[C@H](C)C2)cc1. The number of hydrogen-bond acceptors (Lipinski definition) is 3. The molecule has 2 amide bonds. The van der Waals surface area contributed by atoms with Crippen molar-refractivity contribution in [2.45, 2.75) is 26.8 Å². The lowest BCUT2D eigenvalue weighted by molar-refractivity contribution is 0.101. The van der Waals surface area contributed by atoms with Gasteiger partial charge in [-0.25, -0.2) is 4.79 Å². The van der Waals surface area contributed by atoms with Gasteiger partial charge in [0.1, 0.15) is 0 Å². The monoisotopic (exact) mass is 351 g/mol. The van der Waals surface area contributed by atoms with Crippen LogP contribution in [-0.2, 0) is 0 Å². The van der Waals surface area contributed by atoms with Gasteiger partial charge >= 0.3 is 6.03 Å². The number of ketones is 1. The van der Waals surface area contributed by atoms with E-state index in [4.69, 9.17) is 0 Å². The molecule has 1 fully saturated rings. The number of nitrogens with zero attached hydrogens (tertiary/aromatic N) is 2. The highest BCUT2D eigenvalue weighted by Gasteiger charge is 2.26. The molecule has 1 atom stereocenters. The molecule has 1 aliphatic heterocycles. The van der Waals surface area contributed by atoms with Crippen molar-refractivity contribution in [3.8, 4) is 0 Å². The molecule has 26 heavy (non-hydrogen) atoms. The summed E-state index contributed by atoms with van der Waals surface area (Å²) in [5, 5.41) is 2.92. The topological polar surface area (TPSA) is 52.7 Å². The van der Waals surface area contributed by atoms with Gasteiger partial charge in [0.25, 0.3) is 0 Å². The second kappa shape index (κ2) is 7.60. The van der Waals surface area contributed by atoms with E-state index in [0.717, 1.165) is 6.54 Å². The largest absolute Gasteiger partial charge is 0.365 e. The fourth-order valence-corrected chi connectivity index (χ4v) is 3.25. The lowest BCUT2D eigenvalue weighted by Crippen LogP contribution is -2.54. The van der Waals surface area contributed by atoms with E-state index in [1.54, 1.807) is 24.3 Å². The zero-order valence-corrected chi connectivity index (χ0v) is 15.5. The van der Waals surface area contributed by atoms with Crippen LogP contribution in [0.25, 0.3) is 0 Å². The molecule has 1 saturated heterocycles. The van der Waals surface area contributed by atoms with E-state index in [0.29, 0.717) is 24.3 Å². The number of nitrogens with one attached hydrogen (secondary N) is 1. The first-order chi connectivity index (χ1) is 12.4. The van der Waals surface area contributed by atoms with Crippen molar-refractivity contribution in [1.29, 1.82) is 0 Å². The summed E-state index contributed by atoms with van der Waals surface area (Å²) < 4.78 is 0. The first kappa shape index (κ1) is 18.0. The van der Waals surface area contributed by atoms with Crippen LogP contribution in [0.3, 0.4) is 0 Å². The van der Waals surface area contributed by atoms with E-state index in [1.807, 2.05) is 4.90 Å². The molecule has 0 unspecified atom stereocenters. The van der Waals surface area contributed by atoms with Crippen LogP contribution in [0.2, 0.25) is 0 Å². The number of carbonyl (C=O) groups excluding carboxylic acids is 2. The lowest BCUT2D eigenvalue weighted by Gasteiger charge is -2.41. The number of anilines is 2. The Morgan fingerprint density at radius 2 is 1.65 bits per heavy atom. The van der Waals surface area contributed by atoms with Gasteiger partial charge in [0.05, 0.1) is 0 Å². The molecule has 136 valence electrons. The molecular weight excluding hydrogens is 326 g/mol. The molecule has 1 N–H and O–H groups in total. The lowest BCUT2D eigenvalue weighted by atomic mass is 10.1. The first-order valence-electron chi connectivity index (χ1n) is 8.94. The number of hydrogen-bond donors (Lipinski definition) is 1. The van der Waals surface area contributed by atoms with E-state index in [1.165, 1.54) is 18.2 Å². The minimum Gasteiger partial charge on any atom is -0.365 e. The summed E-state index contributed by atoms with van der Waals surface area (Å²) in [5.41, 5.74) is 3.79. The minimum absolute atomic E-state index is 0.0175. The van der Waals surface area contributed by atoms with Crippen molar-refractivity contribution in [1.82, 2.24) is 4.90 Å². The summed E-state index contributed by atoms with van der Waals surface area (Å²) in [4.78, 5) is 28.1. The van der Waals surface area contributed by atoms with Gasteiger partial charge in [-0.1, -0.05) is 17.7 Å². The van der Waals surface area contributed by atoms with Crippen LogP contribution in [-0.4, -0.2) is 42.4 Å². The minimum atomic E-state index is -0.101. The van der Waals surface area contributed by atoms with Gasteiger partial charge in [0.2, 0.25) is 0 Å². The highest BCUT2D eigenvalue weighted by atomic mass is 16.2. The maximum atomic E-state index is 12.5. The second-order valence-corrected chi connectivity index (χ2v) is 6.89. The fourth-order valence-electron chi connectivity index (χ4n) is 3.25. The van der Waals surface area contributed by atoms with Crippen molar-refractivity contribution in [2.75, 3.05) is 29.9 Å². The Bertz CT molecular complexity index is 784. The van der Waals surface area contributed by atoms with E-state index >= 15 is 0 Å². The Morgan fingerprint density at radius 1 is 1.00 bits per heavy atom. The summed E-state index contributed by atoms with van der Waals surface area (Å²) >= 11 is 0. The van der Waals surface area contributed by atoms with Crippen LogP contribution in [0.15, 0.2) is 48.5 Å². The quantitative estimate of drug-likeness (QED) is 0.852. The number of aryl methyl sites for hydroxylation is 1. The summed E-state index contributed by atoms with van der Waals surface area (Å²) in [7, 11) is 0. The third-order valence-corrected chi connectivity index (χ3v) is 4.82. The van der Waals surface area contributed by atoms with Gasteiger partial charge in [-0.15, -0.1) is 0 Å². The van der Waals surface area contributed by atoms with Crippen molar-refractivity contribution in [3.63, 3.8) is 0 Å². The van der Waals surface area contributed by atoms with Crippen LogP contribution < -0.4 is 10.2 Å². The van der Waals surface area contributed by atoms with Crippen molar-refractivity contribution in [2.24, 2.45) is 0 Å². The van der Waals surface area contributed by atoms with E-state index < -0.39 is 0 Å². The van der Waals surface area contributed by atoms with Crippen LogP contribution in [0, 0.1) is 6.92 Å². The molecule has 0 spiro atoms. The van der Waals surface area contributed by atoms with Gasteiger partial charge in [0, 0.05) is 42.6 Å². The summed E-state index contributed by atoms with van der Waals surface area (Å²) in [6, 6.07) is 15.6. The number of benzene rings is 2. The van der Waals surface area contributed by atoms with Gasteiger partial charge in [-0.2, -0.15) is 0 Å². The van der Waals surface area contributed by atoms with Crippen molar-refractivity contribution >= 4 is 23.2 Å². The molecule has 0 radical (unpaired) electrons. The van der Waals surface area contributed by atoms with E-state index in [-0.39, 0.29) is 17.9 Å². The number of carbonyl (C=O) groups is 2. The van der Waals surface area contributed by atoms with Crippen LogP contribution in [0.1, 0.15) is 29.8 Å². The van der Waals surface area contributed by atoms with Crippen molar-refractivity contribution in [3.05, 3.63) is 59.7 Å². The molecule has 5 heteroatoms. The Morgan fingerprint density at radius 3 is 2.23 bits per heavy atom. The van der Waals surface area contributed by atoms with E-state index in [9.17, 15) is 9.59 Å². The average Bonchev–Trinajstić information content (AvgIpc) is 2.63. The fraction of sp³-hybridized carbons (Fsp3) is 0.333. The Kier molecular flexibility index (Phi) is 5.26. The van der Waals surface area contributed by atoms with Crippen LogP contribution >= 0.6 is 0 Å². The third-order valence-electron chi connectivity index (χ3n) is 4.82. The Labute approximate surface area is 154 Å². The maximum absolute atomic E-state index is 12.5. The van der Waals surface area contributed by atoms with Gasteiger partial charge in [-0.3, -0.25) is 4.79 Å². The van der Waals surface area contributed by atoms with E-state index in [2.05, 4.69) is 48.3 Å². The first-order valence-corrected chi connectivity index (χ1v) is 8.94.